The van der Waals surface area contributed by atoms with Gasteiger partial charge in [-0.15, -0.1) is 11.3 Å². The molecule has 0 amide bonds. The minimum absolute atomic E-state index is 0.479. The average Bonchev–Trinajstić information content (AvgIpc) is 4.11. The zero-order valence-electron chi connectivity index (χ0n) is 38.1. The Hall–Kier alpha value is -8.76. The summed E-state index contributed by atoms with van der Waals surface area (Å²) < 4.78 is 9.09. The second-order valence-corrected chi connectivity index (χ2v) is 19.4. The molecule has 1 aliphatic carbocycles. The van der Waals surface area contributed by atoms with Gasteiger partial charge in [-0.2, -0.15) is 0 Å². The molecule has 0 saturated carbocycles. The van der Waals surface area contributed by atoms with Crippen LogP contribution in [0.25, 0.3) is 86.6 Å². The maximum absolute atomic E-state index is 6.48. The number of anilines is 3. The molecule has 1 aliphatic rings. The molecule has 2 heterocycles. The number of thiophene rings is 1. The van der Waals surface area contributed by atoms with Gasteiger partial charge in [-0.05, 0) is 116 Å². The van der Waals surface area contributed by atoms with Gasteiger partial charge in [-0.3, -0.25) is 0 Å². The highest BCUT2D eigenvalue weighted by molar-refractivity contribution is 7.26. The van der Waals surface area contributed by atoms with Crippen LogP contribution in [0.4, 0.5) is 17.1 Å². The number of fused-ring (bicyclic) bond motifs is 9. The Balaban J connectivity index is 0.925. The summed E-state index contributed by atoms with van der Waals surface area (Å²) in [5, 5.41) is 4.87. The van der Waals surface area contributed by atoms with Crippen LogP contribution in [0.15, 0.2) is 265 Å². The van der Waals surface area contributed by atoms with Crippen LogP contribution in [0.1, 0.15) is 22.3 Å². The van der Waals surface area contributed by atoms with Crippen molar-refractivity contribution in [3.63, 3.8) is 0 Å². The Labute approximate surface area is 410 Å². The van der Waals surface area contributed by atoms with Crippen LogP contribution in [0.2, 0.25) is 0 Å². The Morgan fingerprint density at radius 3 is 1.71 bits per heavy atom. The molecule has 3 heteroatoms. The van der Waals surface area contributed by atoms with E-state index in [-0.39, 0.29) is 0 Å². The monoisotopic (exact) mass is 909 g/mol. The van der Waals surface area contributed by atoms with Crippen molar-refractivity contribution in [3.05, 3.63) is 283 Å². The van der Waals surface area contributed by atoms with Gasteiger partial charge in [-0.1, -0.05) is 206 Å². The van der Waals surface area contributed by atoms with Crippen molar-refractivity contribution in [1.29, 1.82) is 0 Å². The lowest BCUT2D eigenvalue weighted by Gasteiger charge is -2.34. The van der Waals surface area contributed by atoms with Gasteiger partial charge in [0.15, 0.2) is 0 Å². The minimum atomic E-state index is -0.479. The van der Waals surface area contributed by atoms with Gasteiger partial charge in [-0.25, -0.2) is 0 Å². The molecule has 0 N–H and O–H groups in total. The maximum atomic E-state index is 6.48. The first-order chi connectivity index (χ1) is 34.7. The molecule has 0 spiro atoms. The Kier molecular flexibility index (Phi) is 9.33. The fourth-order valence-electron chi connectivity index (χ4n) is 11.5. The predicted molar refractivity (Wildman–Crippen MR) is 295 cm³/mol. The first kappa shape index (κ1) is 40.3. The van der Waals surface area contributed by atoms with Crippen molar-refractivity contribution in [2.24, 2.45) is 0 Å². The number of furan rings is 1. The smallest absolute Gasteiger partial charge is 0.143 e. The first-order valence-corrected chi connectivity index (χ1v) is 24.8. The first-order valence-electron chi connectivity index (χ1n) is 24.0. The maximum Gasteiger partial charge on any atom is 0.143 e. The minimum Gasteiger partial charge on any atom is -0.455 e. The molecule has 328 valence electrons. The highest BCUT2D eigenvalue weighted by atomic mass is 32.1. The number of para-hydroxylation sites is 2. The van der Waals surface area contributed by atoms with E-state index in [0.29, 0.717) is 0 Å². The third-order valence-electron chi connectivity index (χ3n) is 14.6. The average molecular weight is 910 g/mol. The second-order valence-electron chi connectivity index (χ2n) is 18.3. The van der Waals surface area contributed by atoms with Crippen molar-refractivity contribution >= 4 is 70.5 Å². The Morgan fingerprint density at radius 2 is 0.900 bits per heavy atom. The summed E-state index contributed by atoms with van der Waals surface area (Å²) in [6.45, 7) is 0. The molecule has 0 unspecified atom stereocenters. The molecular formula is C67H43NOS. The lowest BCUT2D eigenvalue weighted by molar-refractivity contribution is 0.670. The van der Waals surface area contributed by atoms with E-state index >= 15 is 0 Å². The fraction of sp³-hybridized carbons (Fsp3) is 0.0149. The summed E-state index contributed by atoms with van der Waals surface area (Å²) in [5.41, 5.74) is 19.1. The van der Waals surface area contributed by atoms with E-state index < -0.39 is 5.41 Å². The van der Waals surface area contributed by atoms with Crippen molar-refractivity contribution in [2.75, 3.05) is 4.90 Å². The van der Waals surface area contributed by atoms with Crippen LogP contribution in [-0.2, 0) is 5.41 Å². The number of rotatable bonds is 8. The number of hydrogen-bond donors (Lipinski definition) is 0. The largest absolute Gasteiger partial charge is 0.455 e. The zero-order valence-corrected chi connectivity index (χ0v) is 38.9. The summed E-state index contributed by atoms with van der Waals surface area (Å²) in [5.74, 6) is 0. The van der Waals surface area contributed by atoms with Gasteiger partial charge in [0, 0.05) is 53.6 Å². The van der Waals surface area contributed by atoms with Crippen molar-refractivity contribution in [3.8, 4) is 44.5 Å². The van der Waals surface area contributed by atoms with E-state index in [9.17, 15) is 0 Å². The normalized spacial score (nSPS) is 12.7. The standard InChI is InChI=1S/C67H43NOS/c1-3-20-48(21-4-1)67(49-22-5-2-6-23-49)61-32-10-7-25-55(61)60-43-52(39-40-62(60)67)68(51-24-14-19-47(42-51)54-29-16-31-59-57-27-9-12-34-64(57)70-66(54)59)50-37-35-44(36-38-50)45-17-13-18-46(41-45)53-28-15-30-58-56-26-8-11-33-63(56)69-65(53)58/h1-43H. The van der Waals surface area contributed by atoms with Crippen LogP contribution in [0.5, 0.6) is 0 Å². The van der Waals surface area contributed by atoms with Gasteiger partial charge in [0.1, 0.15) is 11.2 Å². The lowest BCUT2D eigenvalue weighted by atomic mass is 9.68. The molecule has 0 bridgehead atoms. The zero-order chi connectivity index (χ0) is 46.2. The summed E-state index contributed by atoms with van der Waals surface area (Å²) >= 11 is 1.87. The summed E-state index contributed by atoms with van der Waals surface area (Å²) in [6.07, 6.45) is 0. The SMILES string of the molecule is c1ccc(C2(c3ccccc3)c3ccccc3-c3cc(N(c4ccc(-c5cccc(-c6cccc7c6oc6ccccc67)c5)cc4)c4cccc(-c5cccc6c5sc5ccccc56)c4)ccc32)cc1. The van der Waals surface area contributed by atoms with Crippen LogP contribution in [-0.4, -0.2) is 0 Å². The Bertz CT molecular complexity index is 4090. The fourth-order valence-corrected chi connectivity index (χ4v) is 12.7. The molecule has 0 atom stereocenters. The van der Waals surface area contributed by atoms with Crippen LogP contribution < -0.4 is 4.90 Å². The van der Waals surface area contributed by atoms with E-state index in [2.05, 4.69) is 254 Å². The summed E-state index contributed by atoms with van der Waals surface area (Å²) in [7, 11) is 0. The van der Waals surface area contributed by atoms with Gasteiger partial charge < -0.3 is 9.32 Å². The highest BCUT2D eigenvalue weighted by Crippen LogP contribution is 2.57. The molecule has 70 heavy (non-hydrogen) atoms. The third kappa shape index (κ3) is 6.25. The van der Waals surface area contributed by atoms with Crippen LogP contribution in [0, 0.1) is 0 Å². The van der Waals surface area contributed by atoms with E-state index in [1.807, 2.05) is 23.5 Å². The van der Waals surface area contributed by atoms with Gasteiger partial charge in [0.25, 0.3) is 0 Å². The highest BCUT2D eigenvalue weighted by Gasteiger charge is 2.46. The molecule has 0 saturated heterocycles. The molecule has 11 aromatic carbocycles. The topological polar surface area (TPSA) is 16.4 Å². The number of hydrogen-bond acceptors (Lipinski definition) is 3. The molecule has 0 fully saturated rings. The molecule has 14 rings (SSSR count). The van der Waals surface area contributed by atoms with Gasteiger partial charge in [0.05, 0.1) is 5.41 Å². The van der Waals surface area contributed by atoms with E-state index in [1.54, 1.807) is 0 Å². The second kappa shape index (κ2) is 16.2. The predicted octanol–water partition coefficient (Wildman–Crippen LogP) is 18.8. The summed E-state index contributed by atoms with van der Waals surface area (Å²) in [4.78, 5) is 2.44. The molecular weight excluding hydrogens is 867 g/mol. The molecule has 0 aliphatic heterocycles. The Morgan fingerprint density at radius 1 is 0.329 bits per heavy atom. The molecule has 2 aromatic heterocycles. The van der Waals surface area contributed by atoms with Crippen LogP contribution >= 0.6 is 11.3 Å². The van der Waals surface area contributed by atoms with E-state index in [4.69, 9.17) is 4.42 Å². The van der Waals surface area contributed by atoms with Crippen molar-refractivity contribution in [1.82, 2.24) is 0 Å². The molecule has 2 nitrogen and oxygen atoms in total. The third-order valence-corrected chi connectivity index (χ3v) is 15.8. The van der Waals surface area contributed by atoms with Gasteiger partial charge >= 0.3 is 0 Å². The summed E-state index contributed by atoms with van der Waals surface area (Å²) in [6, 6.07) is 95.5. The number of benzene rings is 11. The van der Waals surface area contributed by atoms with E-state index in [1.165, 1.54) is 64.7 Å². The van der Waals surface area contributed by atoms with Crippen molar-refractivity contribution < 1.29 is 4.42 Å². The molecule has 13 aromatic rings. The molecule has 0 radical (unpaired) electrons. The van der Waals surface area contributed by atoms with Crippen molar-refractivity contribution in [2.45, 2.75) is 5.41 Å². The quantitative estimate of drug-likeness (QED) is 0.151. The lowest BCUT2D eigenvalue weighted by Crippen LogP contribution is -2.28. The van der Waals surface area contributed by atoms with E-state index in [0.717, 1.165) is 61.3 Å². The van der Waals surface area contributed by atoms with Gasteiger partial charge in [0.2, 0.25) is 0 Å². The number of nitrogens with zero attached hydrogens (tertiary/aromatic N) is 1. The van der Waals surface area contributed by atoms with Crippen LogP contribution in [0.3, 0.4) is 0 Å².